The van der Waals surface area contributed by atoms with Crippen molar-refractivity contribution in [3.8, 4) is 17.2 Å². The molecule has 166 valence electrons. The monoisotopic (exact) mass is 440 g/mol. The van der Waals surface area contributed by atoms with Gasteiger partial charge in [-0.25, -0.2) is 4.79 Å². The second-order valence-electron chi connectivity index (χ2n) is 8.46. The highest BCUT2D eigenvalue weighted by atomic mass is 16.5. The number of carbonyl (C=O) groups is 2. The van der Waals surface area contributed by atoms with Crippen molar-refractivity contribution >= 4 is 19.0 Å². The third-order valence-electron chi connectivity index (χ3n) is 6.42. The van der Waals surface area contributed by atoms with Crippen LogP contribution in [0, 0.1) is 6.92 Å². The number of ether oxygens (including phenoxy) is 1. The zero-order valence-corrected chi connectivity index (χ0v) is 17.2. The zero-order valence-electron chi connectivity index (χ0n) is 17.2. The standard InChI is InChI=1S/C21H21BN2O8/c1-10-19(27)15(25)4-5-23(10)9-17(26)24-7-11(8-24)31-16-3-2-12-13-6-14(13)22(30)32-20(12)18(16)21(28)29/h2-5,11,13-14,27,30H,6-9H2,1H3,(H,28,29)/t13-,14-/m1/s1. The Balaban J connectivity index is 1.26. The number of aromatic nitrogens is 1. The van der Waals surface area contributed by atoms with Crippen molar-refractivity contribution in [3.63, 3.8) is 0 Å². The van der Waals surface area contributed by atoms with Gasteiger partial charge in [-0.2, -0.15) is 0 Å². The summed E-state index contributed by atoms with van der Waals surface area (Å²) in [6, 6.07) is 4.58. The molecular formula is C21H21BN2O8. The van der Waals surface area contributed by atoms with E-state index in [1.807, 2.05) is 0 Å². The van der Waals surface area contributed by atoms with Crippen LogP contribution in [0.25, 0.3) is 0 Å². The minimum Gasteiger partial charge on any atom is -0.535 e. The van der Waals surface area contributed by atoms with Crippen LogP contribution in [0.1, 0.15) is 34.0 Å². The topological polar surface area (TPSA) is 139 Å². The molecule has 0 bridgehead atoms. The summed E-state index contributed by atoms with van der Waals surface area (Å²) in [6.07, 6.45) is 1.83. The second-order valence-corrected chi connectivity index (χ2v) is 8.46. The lowest BCUT2D eigenvalue weighted by atomic mass is 9.77. The van der Waals surface area contributed by atoms with Gasteiger partial charge in [0.1, 0.15) is 29.7 Å². The van der Waals surface area contributed by atoms with E-state index in [9.17, 15) is 29.6 Å². The number of likely N-dealkylation sites (tertiary alicyclic amines) is 1. The normalized spacial score (nSPS) is 21.2. The predicted molar refractivity (Wildman–Crippen MR) is 111 cm³/mol. The van der Waals surface area contributed by atoms with Gasteiger partial charge < -0.3 is 34.1 Å². The van der Waals surface area contributed by atoms with Crippen molar-refractivity contribution in [2.45, 2.75) is 37.7 Å². The molecule has 1 saturated carbocycles. The Hall–Kier alpha value is -3.47. The molecule has 3 heterocycles. The van der Waals surface area contributed by atoms with Crippen LogP contribution in [-0.2, 0) is 11.3 Å². The summed E-state index contributed by atoms with van der Waals surface area (Å²) in [4.78, 5) is 37.5. The quantitative estimate of drug-likeness (QED) is 0.574. The molecule has 1 amide bonds. The Labute approximate surface area is 182 Å². The first-order chi connectivity index (χ1) is 15.2. The molecule has 1 saturated heterocycles. The fraction of sp³-hybridized carbons (Fsp3) is 0.381. The average molecular weight is 440 g/mol. The maximum Gasteiger partial charge on any atom is 0.526 e. The maximum atomic E-state index is 12.5. The summed E-state index contributed by atoms with van der Waals surface area (Å²) in [5, 5.41) is 29.5. The Morgan fingerprint density at radius 1 is 1.28 bits per heavy atom. The summed E-state index contributed by atoms with van der Waals surface area (Å²) in [5.41, 5.74) is 0.460. The van der Waals surface area contributed by atoms with E-state index in [4.69, 9.17) is 9.39 Å². The van der Waals surface area contributed by atoms with E-state index in [1.54, 1.807) is 24.0 Å². The SMILES string of the molecule is Cc1c(O)c(=O)ccn1CC(=O)N1CC(Oc2ccc3c(c2C(=O)O)OB(O)[C@@H]2C[C@H]32)C1. The van der Waals surface area contributed by atoms with Crippen LogP contribution in [0.3, 0.4) is 0 Å². The molecule has 2 atom stereocenters. The smallest absolute Gasteiger partial charge is 0.526 e. The molecule has 3 N–H and O–H groups in total. The van der Waals surface area contributed by atoms with Gasteiger partial charge in [0.2, 0.25) is 11.3 Å². The van der Waals surface area contributed by atoms with Crippen LogP contribution < -0.4 is 14.8 Å². The number of carboxylic acid groups (broad SMARTS) is 1. The van der Waals surface area contributed by atoms with Crippen molar-refractivity contribution < 1.29 is 34.2 Å². The van der Waals surface area contributed by atoms with E-state index in [-0.39, 0.29) is 66.2 Å². The molecule has 11 heteroatoms. The number of nitrogens with zero attached hydrogens (tertiary/aromatic N) is 2. The van der Waals surface area contributed by atoms with Crippen molar-refractivity contribution in [2.24, 2.45) is 0 Å². The lowest BCUT2D eigenvalue weighted by molar-refractivity contribution is -0.140. The summed E-state index contributed by atoms with van der Waals surface area (Å²) >= 11 is 0. The summed E-state index contributed by atoms with van der Waals surface area (Å²) in [5.74, 6) is -1.40. The lowest BCUT2D eigenvalue weighted by Crippen LogP contribution is -2.57. The Bertz CT molecular complexity index is 1190. The molecular weight excluding hydrogens is 419 g/mol. The summed E-state index contributed by atoms with van der Waals surface area (Å²) in [6.45, 7) is 2.06. The number of fused-ring (bicyclic) bond motifs is 3. The van der Waals surface area contributed by atoms with Crippen molar-refractivity contribution in [2.75, 3.05) is 13.1 Å². The van der Waals surface area contributed by atoms with Crippen molar-refractivity contribution in [1.82, 2.24) is 9.47 Å². The molecule has 10 nitrogen and oxygen atoms in total. The van der Waals surface area contributed by atoms with Crippen LogP contribution >= 0.6 is 0 Å². The molecule has 0 unspecified atom stereocenters. The third kappa shape index (κ3) is 3.29. The van der Waals surface area contributed by atoms with E-state index >= 15 is 0 Å². The lowest BCUT2D eigenvalue weighted by Gasteiger charge is -2.39. The molecule has 2 aliphatic heterocycles. The summed E-state index contributed by atoms with van der Waals surface area (Å²) in [7, 11) is -1.02. The number of carboxylic acids is 1. The van der Waals surface area contributed by atoms with E-state index in [2.05, 4.69) is 0 Å². The largest absolute Gasteiger partial charge is 0.535 e. The molecule has 32 heavy (non-hydrogen) atoms. The first kappa shape index (κ1) is 20.4. The van der Waals surface area contributed by atoms with Gasteiger partial charge in [-0.3, -0.25) is 9.59 Å². The van der Waals surface area contributed by atoms with Crippen molar-refractivity contribution in [3.05, 3.63) is 51.4 Å². The van der Waals surface area contributed by atoms with Gasteiger partial charge in [-0.15, -0.1) is 0 Å². The first-order valence-electron chi connectivity index (χ1n) is 10.3. The number of rotatable bonds is 5. The molecule has 1 aromatic carbocycles. The molecule has 1 aliphatic carbocycles. The predicted octanol–water partition coefficient (Wildman–Crippen LogP) is 0.581. The highest BCUT2D eigenvalue weighted by molar-refractivity contribution is 6.48. The minimum absolute atomic E-state index is 0.00961. The van der Waals surface area contributed by atoms with Crippen LogP contribution in [0.5, 0.6) is 17.2 Å². The van der Waals surface area contributed by atoms with E-state index in [0.29, 0.717) is 5.69 Å². The van der Waals surface area contributed by atoms with Crippen LogP contribution in [-0.4, -0.2) is 62.9 Å². The number of benzene rings is 1. The highest BCUT2D eigenvalue weighted by Gasteiger charge is 2.54. The van der Waals surface area contributed by atoms with Gasteiger partial charge in [-0.05, 0) is 30.9 Å². The number of carbonyl (C=O) groups excluding carboxylic acids is 1. The number of aromatic carboxylic acids is 1. The molecule has 2 aromatic rings. The van der Waals surface area contributed by atoms with Gasteiger partial charge in [0.15, 0.2) is 5.75 Å². The Kier molecular flexibility index (Phi) is 4.66. The number of hydrogen-bond donors (Lipinski definition) is 3. The van der Waals surface area contributed by atoms with Gasteiger partial charge >= 0.3 is 13.1 Å². The average Bonchev–Trinajstić information content (AvgIpc) is 3.52. The number of aromatic hydroxyl groups is 1. The van der Waals surface area contributed by atoms with Crippen LogP contribution in [0.4, 0.5) is 0 Å². The second kappa shape index (κ2) is 7.30. The first-order valence-corrected chi connectivity index (χ1v) is 10.3. The van der Waals surface area contributed by atoms with Gasteiger partial charge in [0.25, 0.3) is 0 Å². The van der Waals surface area contributed by atoms with Crippen LogP contribution in [0.2, 0.25) is 5.82 Å². The zero-order chi connectivity index (χ0) is 22.7. The fourth-order valence-electron chi connectivity index (χ4n) is 4.37. The molecule has 2 fully saturated rings. The van der Waals surface area contributed by atoms with Crippen LogP contribution in [0.15, 0.2) is 29.2 Å². The molecule has 3 aliphatic rings. The molecule has 1 aromatic heterocycles. The number of pyridine rings is 1. The van der Waals surface area contributed by atoms with E-state index in [1.165, 1.54) is 16.8 Å². The van der Waals surface area contributed by atoms with Gasteiger partial charge in [0, 0.05) is 18.1 Å². The van der Waals surface area contributed by atoms with E-state index in [0.717, 1.165) is 12.0 Å². The van der Waals surface area contributed by atoms with Gasteiger partial charge in [0.05, 0.1) is 18.8 Å². The summed E-state index contributed by atoms with van der Waals surface area (Å²) < 4.78 is 12.8. The molecule has 0 spiro atoms. The fourth-order valence-corrected chi connectivity index (χ4v) is 4.37. The third-order valence-corrected chi connectivity index (χ3v) is 6.42. The minimum atomic E-state index is -1.20. The number of amides is 1. The molecule has 5 rings (SSSR count). The Morgan fingerprint density at radius 2 is 2.03 bits per heavy atom. The molecule has 0 radical (unpaired) electrons. The van der Waals surface area contributed by atoms with E-state index < -0.39 is 18.5 Å². The van der Waals surface area contributed by atoms with Crippen molar-refractivity contribution in [1.29, 1.82) is 0 Å². The Morgan fingerprint density at radius 3 is 2.75 bits per heavy atom. The number of hydrogen-bond acceptors (Lipinski definition) is 7. The van der Waals surface area contributed by atoms with Gasteiger partial charge in [-0.1, -0.05) is 6.07 Å². The highest BCUT2D eigenvalue weighted by Crippen LogP contribution is 2.60. The maximum absolute atomic E-state index is 12.5.